The maximum Gasteiger partial charge on any atom is 0.191 e. The van der Waals surface area contributed by atoms with E-state index in [-0.39, 0.29) is 5.41 Å². The lowest BCUT2D eigenvalue weighted by atomic mass is 9.96. The zero-order valence-corrected chi connectivity index (χ0v) is 16.5. The molecule has 0 aliphatic heterocycles. The van der Waals surface area contributed by atoms with Crippen molar-refractivity contribution in [2.75, 3.05) is 20.1 Å². The molecule has 1 aromatic heterocycles. The Labute approximate surface area is 158 Å². The van der Waals surface area contributed by atoms with Gasteiger partial charge in [-0.2, -0.15) is 5.10 Å². The third-order valence-electron chi connectivity index (χ3n) is 4.79. The molecule has 1 heterocycles. The highest BCUT2D eigenvalue weighted by Crippen LogP contribution is 2.49. The zero-order valence-electron chi connectivity index (χ0n) is 14.9. The average molecular weight is 404 g/mol. The van der Waals surface area contributed by atoms with Crippen molar-refractivity contribution in [2.24, 2.45) is 10.9 Å². The Kier molecular flexibility index (Phi) is 5.78. The summed E-state index contributed by atoms with van der Waals surface area (Å²) in [6.45, 7) is 4.88. The average Bonchev–Trinajstić information content (AvgIpc) is 3.22. The minimum absolute atomic E-state index is 0.235. The van der Waals surface area contributed by atoms with Crippen LogP contribution in [0.1, 0.15) is 25.3 Å². The van der Waals surface area contributed by atoms with Crippen LogP contribution in [0.2, 0.25) is 0 Å². The van der Waals surface area contributed by atoms with Gasteiger partial charge in [0.25, 0.3) is 0 Å². The number of hydrogen-bond acceptors (Lipinski definition) is 2. The molecule has 1 unspecified atom stereocenters. The van der Waals surface area contributed by atoms with Crippen LogP contribution >= 0.6 is 15.9 Å². The molecule has 1 aliphatic carbocycles. The molecular formula is C19H26BrN5. The first-order valence-electron chi connectivity index (χ1n) is 8.80. The van der Waals surface area contributed by atoms with Crippen molar-refractivity contribution < 1.29 is 0 Å². The van der Waals surface area contributed by atoms with Gasteiger partial charge < -0.3 is 10.6 Å². The number of guanidine groups is 1. The van der Waals surface area contributed by atoms with E-state index in [0.29, 0.717) is 5.92 Å². The highest BCUT2D eigenvalue weighted by molar-refractivity contribution is 9.10. The Bertz CT molecular complexity index is 706. The van der Waals surface area contributed by atoms with Crippen LogP contribution in [0, 0.1) is 5.92 Å². The highest BCUT2D eigenvalue weighted by Gasteiger charge is 2.45. The van der Waals surface area contributed by atoms with Crippen molar-refractivity contribution in [3.05, 3.63) is 52.8 Å². The molecule has 0 saturated heterocycles. The number of aliphatic imine (C=N–C) groups is 1. The summed E-state index contributed by atoms with van der Waals surface area (Å²) in [5.41, 5.74) is 1.63. The first kappa shape index (κ1) is 18.0. The molecule has 1 aromatic carbocycles. The lowest BCUT2D eigenvalue weighted by Gasteiger charge is -2.21. The third-order valence-corrected chi connectivity index (χ3v) is 5.48. The van der Waals surface area contributed by atoms with Crippen LogP contribution in [0.5, 0.6) is 0 Å². The molecule has 1 fully saturated rings. The van der Waals surface area contributed by atoms with Gasteiger partial charge in [0, 0.05) is 49.0 Å². The maximum absolute atomic E-state index is 4.36. The van der Waals surface area contributed by atoms with Crippen LogP contribution < -0.4 is 10.6 Å². The molecular weight excluding hydrogens is 378 g/mol. The molecule has 0 spiro atoms. The number of nitrogens with one attached hydrogen (secondary N) is 2. The molecule has 0 amide bonds. The molecule has 1 atom stereocenters. The highest BCUT2D eigenvalue weighted by atomic mass is 79.9. The lowest BCUT2D eigenvalue weighted by Crippen LogP contribution is -2.43. The molecule has 1 aliphatic rings. The minimum atomic E-state index is 0.235. The third kappa shape index (κ3) is 4.63. The van der Waals surface area contributed by atoms with E-state index in [1.54, 1.807) is 0 Å². The Morgan fingerprint density at radius 3 is 2.76 bits per heavy atom. The number of aromatic nitrogens is 2. The summed E-state index contributed by atoms with van der Waals surface area (Å²) < 4.78 is 3.17. The van der Waals surface area contributed by atoms with Gasteiger partial charge in [0.2, 0.25) is 0 Å². The Balaban J connectivity index is 1.49. The van der Waals surface area contributed by atoms with Crippen LogP contribution in [0.3, 0.4) is 0 Å². The van der Waals surface area contributed by atoms with E-state index in [9.17, 15) is 0 Å². The van der Waals surface area contributed by atoms with Gasteiger partial charge in [0.15, 0.2) is 5.96 Å². The summed E-state index contributed by atoms with van der Waals surface area (Å²) in [5.74, 6) is 1.34. The molecule has 0 bridgehead atoms. The molecule has 6 heteroatoms. The van der Waals surface area contributed by atoms with E-state index >= 15 is 0 Å². The smallest absolute Gasteiger partial charge is 0.191 e. The molecule has 0 radical (unpaired) electrons. The topological polar surface area (TPSA) is 54.2 Å². The van der Waals surface area contributed by atoms with Crippen molar-refractivity contribution in [2.45, 2.75) is 31.7 Å². The summed E-state index contributed by atoms with van der Waals surface area (Å²) in [7, 11) is 1.82. The molecule has 3 rings (SSSR count). The molecule has 134 valence electrons. The van der Waals surface area contributed by atoms with Crippen LogP contribution in [0.15, 0.2) is 52.2 Å². The second-order valence-corrected chi connectivity index (χ2v) is 7.75. The first-order valence-corrected chi connectivity index (χ1v) is 9.59. The molecule has 2 aromatic rings. The second-order valence-electron chi connectivity index (χ2n) is 6.90. The summed E-state index contributed by atoms with van der Waals surface area (Å²) >= 11 is 3.69. The maximum atomic E-state index is 4.36. The van der Waals surface area contributed by atoms with Gasteiger partial charge >= 0.3 is 0 Å². The van der Waals surface area contributed by atoms with Crippen LogP contribution in [-0.2, 0) is 12.0 Å². The van der Waals surface area contributed by atoms with Crippen molar-refractivity contribution in [1.82, 2.24) is 20.4 Å². The van der Waals surface area contributed by atoms with Gasteiger partial charge in [0.1, 0.15) is 0 Å². The summed E-state index contributed by atoms with van der Waals surface area (Å²) in [4.78, 5) is 4.36. The van der Waals surface area contributed by atoms with E-state index in [1.807, 2.05) is 30.2 Å². The van der Waals surface area contributed by atoms with Gasteiger partial charge in [0.05, 0.1) is 0 Å². The van der Waals surface area contributed by atoms with E-state index in [0.717, 1.165) is 25.6 Å². The Morgan fingerprint density at radius 2 is 2.12 bits per heavy atom. The standard InChI is InChI=1S/C19H26BrN5/c1-15(13-25-11-5-10-24-25)12-22-18(21-2)23-14-19(8-9-19)16-6-3-4-7-17(16)20/h3-7,10-11,15H,8-9,12-14H2,1-2H3,(H2,21,22,23). The fourth-order valence-electron chi connectivity index (χ4n) is 3.12. The largest absolute Gasteiger partial charge is 0.356 e. The van der Waals surface area contributed by atoms with E-state index in [1.165, 1.54) is 22.9 Å². The second kappa shape index (κ2) is 8.04. The number of hydrogen-bond donors (Lipinski definition) is 2. The van der Waals surface area contributed by atoms with Crippen LogP contribution in [0.25, 0.3) is 0 Å². The van der Waals surface area contributed by atoms with Gasteiger partial charge in [-0.05, 0) is 36.5 Å². The first-order chi connectivity index (χ1) is 12.1. The summed E-state index contributed by atoms with van der Waals surface area (Å²) in [6.07, 6.45) is 6.25. The van der Waals surface area contributed by atoms with Crippen LogP contribution in [-0.4, -0.2) is 35.9 Å². The SMILES string of the molecule is CN=C(NCC(C)Cn1cccn1)NCC1(c2ccccc2Br)CC1. The lowest BCUT2D eigenvalue weighted by molar-refractivity contribution is 0.443. The Morgan fingerprint density at radius 1 is 1.32 bits per heavy atom. The van der Waals surface area contributed by atoms with Crippen LogP contribution in [0.4, 0.5) is 0 Å². The zero-order chi connectivity index (χ0) is 17.7. The fourth-order valence-corrected chi connectivity index (χ4v) is 3.83. The van der Waals surface area contributed by atoms with Gasteiger partial charge in [-0.15, -0.1) is 0 Å². The predicted molar refractivity (Wildman–Crippen MR) is 106 cm³/mol. The molecule has 1 saturated carbocycles. The normalized spacial score (nSPS) is 17.2. The minimum Gasteiger partial charge on any atom is -0.356 e. The molecule has 5 nitrogen and oxygen atoms in total. The van der Waals surface area contributed by atoms with E-state index < -0.39 is 0 Å². The monoisotopic (exact) mass is 403 g/mol. The van der Waals surface area contributed by atoms with Crippen molar-refractivity contribution >= 4 is 21.9 Å². The van der Waals surface area contributed by atoms with E-state index in [2.05, 4.69) is 67.8 Å². The number of benzene rings is 1. The van der Waals surface area contributed by atoms with Crippen molar-refractivity contribution in [3.8, 4) is 0 Å². The quantitative estimate of drug-likeness (QED) is 0.551. The van der Waals surface area contributed by atoms with Crippen molar-refractivity contribution in [1.29, 1.82) is 0 Å². The number of halogens is 1. The van der Waals surface area contributed by atoms with Crippen molar-refractivity contribution in [3.63, 3.8) is 0 Å². The summed E-state index contributed by atoms with van der Waals surface area (Å²) in [6, 6.07) is 10.5. The predicted octanol–water partition coefficient (Wildman–Crippen LogP) is 3.18. The fraction of sp³-hybridized carbons (Fsp3) is 0.474. The number of rotatable bonds is 7. The number of nitrogens with zero attached hydrogens (tertiary/aromatic N) is 3. The Hall–Kier alpha value is -1.82. The van der Waals surface area contributed by atoms with Gasteiger partial charge in [-0.25, -0.2) is 0 Å². The van der Waals surface area contributed by atoms with E-state index in [4.69, 9.17) is 0 Å². The summed E-state index contributed by atoms with van der Waals surface area (Å²) in [5, 5.41) is 11.2. The molecule has 25 heavy (non-hydrogen) atoms. The van der Waals surface area contributed by atoms with Gasteiger partial charge in [-0.3, -0.25) is 9.67 Å². The van der Waals surface area contributed by atoms with Gasteiger partial charge in [-0.1, -0.05) is 41.1 Å². The molecule has 2 N–H and O–H groups in total.